The second kappa shape index (κ2) is 5.20. The average Bonchev–Trinajstić information content (AvgIpc) is 2.94. The molecule has 0 aliphatic heterocycles. The first-order chi connectivity index (χ1) is 8.83. The van der Waals surface area contributed by atoms with Gasteiger partial charge in [-0.3, -0.25) is 0 Å². The summed E-state index contributed by atoms with van der Waals surface area (Å²) in [6.07, 6.45) is 7.65. The van der Waals surface area contributed by atoms with Gasteiger partial charge in [0.15, 0.2) is 0 Å². The fraction of sp³-hybridized carbons (Fsp3) is 0.538. The summed E-state index contributed by atoms with van der Waals surface area (Å²) in [6, 6.07) is 0.735. The Morgan fingerprint density at radius 3 is 3.06 bits per heavy atom. The van der Waals surface area contributed by atoms with Crippen molar-refractivity contribution >= 4 is 11.3 Å². The fourth-order valence-corrected chi connectivity index (χ4v) is 2.79. The van der Waals surface area contributed by atoms with E-state index in [9.17, 15) is 0 Å². The van der Waals surface area contributed by atoms with Crippen molar-refractivity contribution in [3.8, 4) is 0 Å². The van der Waals surface area contributed by atoms with E-state index < -0.39 is 0 Å². The molecule has 0 radical (unpaired) electrons. The first-order valence-corrected chi connectivity index (χ1v) is 7.33. The molecule has 0 atom stereocenters. The normalized spacial score (nSPS) is 15.2. The molecule has 3 rings (SSSR count). The van der Waals surface area contributed by atoms with Crippen LogP contribution in [0.25, 0.3) is 0 Å². The highest BCUT2D eigenvalue weighted by atomic mass is 32.1. The summed E-state index contributed by atoms with van der Waals surface area (Å²) in [5.41, 5.74) is 3.09. The summed E-state index contributed by atoms with van der Waals surface area (Å²) in [5, 5.41) is 3.51. The van der Waals surface area contributed by atoms with Gasteiger partial charge in [-0.05, 0) is 19.8 Å². The van der Waals surface area contributed by atoms with Gasteiger partial charge in [-0.2, -0.15) is 0 Å². The van der Waals surface area contributed by atoms with Gasteiger partial charge in [0.05, 0.1) is 17.7 Å². The standard InChI is InChI=1S/C13H18N4S/c1-10-12(18-9-16-10)4-6-17-7-5-14-13(17)8-15-11-2-3-11/h5,7,9,11,15H,2-4,6,8H2,1H3. The third-order valence-electron chi connectivity index (χ3n) is 3.35. The molecule has 0 amide bonds. The monoisotopic (exact) mass is 262 g/mol. The predicted molar refractivity (Wildman–Crippen MR) is 72.6 cm³/mol. The van der Waals surface area contributed by atoms with Crippen LogP contribution in [0.5, 0.6) is 0 Å². The predicted octanol–water partition coefficient (Wildman–Crippen LogP) is 2.14. The summed E-state index contributed by atoms with van der Waals surface area (Å²) in [7, 11) is 0. The van der Waals surface area contributed by atoms with E-state index in [-0.39, 0.29) is 0 Å². The highest BCUT2D eigenvalue weighted by Gasteiger charge is 2.20. The molecule has 2 aromatic heterocycles. The molecule has 2 aromatic rings. The number of nitrogens with one attached hydrogen (secondary N) is 1. The van der Waals surface area contributed by atoms with Crippen molar-refractivity contribution in [2.75, 3.05) is 0 Å². The van der Waals surface area contributed by atoms with Crippen LogP contribution in [-0.4, -0.2) is 20.6 Å². The van der Waals surface area contributed by atoms with Crippen molar-refractivity contribution in [3.63, 3.8) is 0 Å². The third-order valence-corrected chi connectivity index (χ3v) is 4.35. The number of imidazole rings is 1. The molecule has 0 saturated heterocycles. The molecule has 1 aliphatic carbocycles. The zero-order valence-corrected chi connectivity index (χ0v) is 11.4. The topological polar surface area (TPSA) is 42.7 Å². The molecule has 1 aliphatic rings. The van der Waals surface area contributed by atoms with E-state index in [0.717, 1.165) is 37.1 Å². The largest absolute Gasteiger partial charge is 0.334 e. The van der Waals surface area contributed by atoms with Gasteiger partial charge in [0.25, 0.3) is 0 Å². The lowest BCUT2D eigenvalue weighted by Crippen LogP contribution is -2.19. The average molecular weight is 262 g/mol. The molecule has 1 saturated carbocycles. The Hall–Kier alpha value is -1.20. The van der Waals surface area contributed by atoms with Crippen LogP contribution in [0.2, 0.25) is 0 Å². The lowest BCUT2D eigenvalue weighted by molar-refractivity contribution is 0.593. The lowest BCUT2D eigenvalue weighted by Gasteiger charge is -2.08. The number of thiazole rings is 1. The molecule has 2 heterocycles. The third kappa shape index (κ3) is 2.79. The zero-order valence-electron chi connectivity index (χ0n) is 10.6. The van der Waals surface area contributed by atoms with Crippen LogP contribution in [0.3, 0.4) is 0 Å². The van der Waals surface area contributed by atoms with Crippen molar-refractivity contribution in [1.82, 2.24) is 19.9 Å². The Morgan fingerprint density at radius 2 is 2.33 bits per heavy atom. The number of hydrogen-bond acceptors (Lipinski definition) is 4. The van der Waals surface area contributed by atoms with Crippen LogP contribution < -0.4 is 5.32 Å². The first kappa shape index (κ1) is 11.9. The van der Waals surface area contributed by atoms with Gasteiger partial charge < -0.3 is 9.88 Å². The van der Waals surface area contributed by atoms with Gasteiger partial charge in [0.2, 0.25) is 0 Å². The second-order valence-corrected chi connectivity index (χ2v) is 5.74. The lowest BCUT2D eigenvalue weighted by atomic mass is 10.3. The highest BCUT2D eigenvalue weighted by molar-refractivity contribution is 7.09. The minimum absolute atomic E-state index is 0.735. The zero-order chi connectivity index (χ0) is 12.4. The molecular weight excluding hydrogens is 244 g/mol. The Balaban J connectivity index is 1.58. The van der Waals surface area contributed by atoms with E-state index in [1.54, 1.807) is 11.3 Å². The highest BCUT2D eigenvalue weighted by Crippen LogP contribution is 2.19. The first-order valence-electron chi connectivity index (χ1n) is 6.45. The van der Waals surface area contributed by atoms with Crippen molar-refractivity contribution < 1.29 is 0 Å². The van der Waals surface area contributed by atoms with Gasteiger partial charge in [-0.15, -0.1) is 11.3 Å². The van der Waals surface area contributed by atoms with E-state index in [0.29, 0.717) is 0 Å². The maximum Gasteiger partial charge on any atom is 0.122 e. The van der Waals surface area contributed by atoms with E-state index in [1.807, 2.05) is 11.7 Å². The molecule has 18 heavy (non-hydrogen) atoms. The number of nitrogens with zero attached hydrogens (tertiary/aromatic N) is 3. The molecular formula is C13H18N4S. The van der Waals surface area contributed by atoms with Gasteiger partial charge in [-0.25, -0.2) is 9.97 Å². The van der Waals surface area contributed by atoms with Gasteiger partial charge in [0.1, 0.15) is 5.82 Å². The van der Waals surface area contributed by atoms with Crippen LogP contribution in [0, 0.1) is 6.92 Å². The number of aryl methyl sites for hydroxylation is 3. The molecule has 0 bridgehead atoms. The molecule has 4 nitrogen and oxygen atoms in total. The number of rotatable bonds is 6. The minimum atomic E-state index is 0.735. The Kier molecular flexibility index (Phi) is 3.43. The van der Waals surface area contributed by atoms with Gasteiger partial charge in [-0.1, -0.05) is 0 Å². The quantitative estimate of drug-likeness (QED) is 0.867. The van der Waals surface area contributed by atoms with E-state index in [4.69, 9.17) is 0 Å². The second-order valence-electron chi connectivity index (χ2n) is 4.80. The summed E-state index contributed by atoms with van der Waals surface area (Å²) in [4.78, 5) is 10.1. The molecule has 1 N–H and O–H groups in total. The van der Waals surface area contributed by atoms with E-state index in [2.05, 4.69) is 33.0 Å². The molecule has 5 heteroatoms. The van der Waals surface area contributed by atoms with Crippen LogP contribution in [0.1, 0.15) is 29.2 Å². The Labute approximate surface area is 111 Å². The van der Waals surface area contributed by atoms with E-state index >= 15 is 0 Å². The minimum Gasteiger partial charge on any atom is -0.334 e. The van der Waals surface area contributed by atoms with Crippen LogP contribution in [0.4, 0.5) is 0 Å². The summed E-state index contributed by atoms with van der Waals surface area (Å²) < 4.78 is 2.24. The van der Waals surface area contributed by atoms with Gasteiger partial charge in [0, 0.05) is 36.3 Å². The van der Waals surface area contributed by atoms with Crippen molar-refractivity contribution in [3.05, 3.63) is 34.3 Å². The Bertz CT molecular complexity index is 513. The van der Waals surface area contributed by atoms with Crippen LogP contribution in [-0.2, 0) is 19.5 Å². The van der Waals surface area contributed by atoms with Crippen molar-refractivity contribution in [1.29, 1.82) is 0 Å². The smallest absolute Gasteiger partial charge is 0.122 e. The SMILES string of the molecule is Cc1ncsc1CCn1ccnc1CNC1CC1. The fourth-order valence-electron chi connectivity index (χ4n) is 2.02. The summed E-state index contributed by atoms with van der Waals surface area (Å²) in [5.74, 6) is 1.14. The molecule has 0 aromatic carbocycles. The van der Waals surface area contributed by atoms with Crippen LogP contribution >= 0.6 is 11.3 Å². The number of aromatic nitrogens is 3. The molecule has 1 fully saturated rings. The van der Waals surface area contributed by atoms with Crippen molar-refractivity contribution in [2.24, 2.45) is 0 Å². The summed E-state index contributed by atoms with van der Waals surface area (Å²) in [6.45, 7) is 3.96. The Morgan fingerprint density at radius 1 is 1.44 bits per heavy atom. The van der Waals surface area contributed by atoms with Crippen LogP contribution in [0.15, 0.2) is 17.9 Å². The van der Waals surface area contributed by atoms with E-state index in [1.165, 1.54) is 17.7 Å². The van der Waals surface area contributed by atoms with Crippen molar-refractivity contribution in [2.45, 2.75) is 45.3 Å². The summed E-state index contributed by atoms with van der Waals surface area (Å²) >= 11 is 1.75. The van der Waals surface area contributed by atoms with Gasteiger partial charge >= 0.3 is 0 Å². The molecule has 0 spiro atoms. The maximum atomic E-state index is 4.43. The molecule has 96 valence electrons. The number of hydrogen-bond donors (Lipinski definition) is 1. The molecule has 0 unspecified atom stereocenters. The maximum absolute atomic E-state index is 4.43.